The molecule has 1 heterocycles. The van der Waals surface area contributed by atoms with Crippen LogP contribution in [0.1, 0.15) is 45.9 Å². The minimum atomic E-state index is 0.543. The molecule has 0 bridgehead atoms. The maximum Gasteiger partial charge on any atom is 0.276 e. The number of hydrogen-bond donors (Lipinski definition) is 1. The lowest BCUT2D eigenvalue weighted by molar-refractivity contribution is 0.246. The molecule has 1 aromatic rings. The molecule has 4 nitrogen and oxygen atoms in total. The number of nitrogens with one attached hydrogen (secondary N) is 1. The number of rotatable bonds is 5. The van der Waals surface area contributed by atoms with Crippen molar-refractivity contribution in [2.45, 2.75) is 63.5 Å². The summed E-state index contributed by atoms with van der Waals surface area (Å²) in [6.07, 6.45) is 3.82. The van der Waals surface area contributed by atoms with E-state index in [-0.39, 0.29) is 0 Å². The van der Waals surface area contributed by atoms with Gasteiger partial charge >= 0.3 is 0 Å². The van der Waals surface area contributed by atoms with E-state index in [2.05, 4.69) is 36.3 Å². The molecule has 0 saturated heterocycles. The monoisotopic (exact) mass is 283 g/mol. The Balaban J connectivity index is 2.02. The van der Waals surface area contributed by atoms with Gasteiger partial charge in [0.1, 0.15) is 0 Å². The first-order valence-corrected chi connectivity index (χ1v) is 8.18. The van der Waals surface area contributed by atoms with Gasteiger partial charge in [-0.15, -0.1) is 10.2 Å². The largest absolute Gasteiger partial charge is 0.416 e. The van der Waals surface area contributed by atoms with Gasteiger partial charge in [0.05, 0.1) is 0 Å². The first kappa shape index (κ1) is 14.9. The zero-order valence-electron chi connectivity index (χ0n) is 12.3. The highest BCUT2D eigenvalue weighted by Crippen LogP contribution is 2.38. The molecule has 2 rings (SSSR count). The molecule has 1 aliphatic rings. The summed E-state index contributed by atoms with van der Waals surface area (Å²) in [6.45, 7) is 9.70. The van der Waals surface area contributed by atoms with Crippen LogP contribution in [0.3, 0.4) is 0 Å². The van der Waals surface area contributed by atoms with E-state index in [4.69, 9.17) is 4.42 Å². The summed E-state index contributed by atoms with van der Waals surface area (Å²) in [5, 5.41) is 12.9. The molecule has 1 aliphatic carbocycles. The summed E-state index contributed by atoms with van der Waals surface area (Å²) in [7, 11) is 0. The number of nitrogens with zero attached hydrogens (tertiary/aromatic N) is 2. The lowest BCUT2D eigenvalue weighted by Crippen LogP contribution is -2.43. The molecule has 1 fully saturated rings. The van der Waals surface area contributed by atoms with Gasteiger partial charge in [0.2, 0.25) is 5.89 Å². The van der Waals surface area contributed by atoms with E-state index in [0.717, 1.165) is 23.6 Å². The predicted molar refractivity (Wildman–Crippen MR) is 78.3 cm³/mol. The van der Waals surface area contributed by atoms with Crippen molar-refractivity contribution in [3.05, 3.63) is 5.89 Å². The van der Waals surface area contributed by atoms with Crippen molar-refractivity contribution in [2.24, 2.45) is 11.8 Å². The summed E-state index contributed by atoms with van der Waals surface area (Å²) in [5.74, 6) is 2.23. The molecular weight excluding hydrogens is 258 g/mol. The summed E-state index contributed by atoms with van der Waals surface area (Å²) < 4.78 is 5.52. The summed E-state index contributed by atoms with van der Waals surface area (Å²) >= 11 is 1.75. The predicted octanol–water partition coefficient (Wildman–Crippen LogP) is 3.27. The second-order valence-electron chi connectivity index (χ2n) is 5.72. The Bertz CT molecular complexity index is 394. The van der Waals surface area contributed by atoms with E-state index >= 15 is 0 Å². The molecule has 108 valence electrons. The molecule has 3 unspecified atom stereocenters. The van der Waals surface area contributed by atoms with E-state index in [1.165, 1.54) is 19.3 Å². The first-order valence-electron chi connectivity index (χ1n) is 7.30. The third kappa shape index (κ3) is 3.96. The molecular formula is C14H25N3OS. The van der Waals surface area contributed by atoms with Crippen LogP contribution >= 0.6 is 11.8 Å². The highest BCUT2D eigenvalue weighted by molar-refractivity contribution is 7.99. The van der Waals surface area contributed by atoms with Crippen molar-refractivity contribution in [1.29, 1.82) is 0 Å². The number of aromatic nitrogens is 2. The molecule has 3 atom stereocenters. The highest BCUT2D eigenvalue weighted by Gasteiger charge is 2.33. The van der Waals surface area contributed by atoms with Gasteiger partial charge in [-0.1, -0.05) is 32.5 Å². The normalized spacial score (nSPS) is 27.9. The lowest BCUT2D eigenvalue weighted by Gasteiger charge is -2.37. The molecule has 5 heteroatoms. The standard InChI is InChI=1S/C14H25N3OS/c1-5-15-12-7-6-11(9(2)3)8-13(12)19-14-17-16-10(4)18-14/h9,11-13,15H,5-8H2,1-4H3. The lowest BCUT2D eigenvalue weighted by atomic mass is 9.79. The summed E-state index contributed by atoms with van der Waals surface area (Å²) in [4.78, 5) is 0. The Hall–Kier alpha value is -0.550. The van der Waals surface area contributed by atoms with Crippen LogP contribution in [0.15, 0.2) is 9.64 Å². The fourth-order valence-electron chi connectivity index (χ4n) is 2.85. The Kier molecular flexibility index (Phi) is 5.28. The highest BCUT2D eigenvalue weighted by atomic mass is 32.2. The van der Waals surface area contributed by atoms with Crippen LogP contribution in [0.2, 0.25) is 0 Å². The van der Waals surface area contributed by atoms with Gasteiger partial charge in [-0.25, -0.2) is 0 Å². The molecule has 0 aromatic carbocycles. The third-order valence-corrected chi connectivity index (χ3v) is 5.19. The Morgan fingerprint density at radius 1 is 1.37 bits per heavy atom. The molecule has 0 spiro atoms. The first-order chi connectivity index (χ1) is 9.10. The van der Waals surface area contributed by atoms with Gasteiger partial charge < -0.3 is 9.73 Å². The van der Waals surface area contributed by atoms with Gasteiger partial charge in [-0.2, -0.15) is 0 Å². The van der Waals surface area contributed by atoms with Crippen LogP contribution in [0.25, 0.3) is 0 Å². The molecule has 1 N–H and O–H groups in total. The van der Waals surface area contributed by atoms with Gasteiger partial charge in [0, 0.05) is 18.2 Å². The van der Waals surface area contributed by atoms with Gasteiger partial charge in [-0.05, 0) is 37.6 Å². The fraction of sp³-hybridized carbons (Fsp3) is 0.857. The SMILES string of the molecule is CCNC1CCC(C(C)C)CC1Sc1nnc(C)o1. The van der Waals surface area contributed by atoms with Crippen molar-refractivity contribution < 1.29 is 4.42 Å². The molecule has 1 saturated carbocycles. The van der Waals surface area contributed by atoms with Crippen molar-refractivity contribution >= 4 is 11.8 Å². The van der Waals surface area contributed by atoms with Crippen molar-refractivity contribution in [3.63, 3.8) is 0 Å². The maximum absolute atomic E-state index is 5.52. The van der Waals surface area contributed by atoms with Gasteiger partial charge in [-0.3, -0.25) is 0 Å². The molecule has 19 heavy (non-hydrogen) atoms. The minimum Gasteiger partial charge on any atom is -0.416 e. The van der Waals surface area contributed by atoms with Crippen LogP contribution in [0.5, 0.6) is 0 Å². The second kappa shape index (κ2) is 6.75. The molecule has 1 aromatic heterocycles. The zero-order chi connectivity index (χ0) is 13.8. The molecule has 0 amide bonds. The zero-order valence-corrected chi connectivity index (χ0v) is 13.2. The smallest absolute Gasteiger partial charge is 0.276 e. The van der Waals surface area contributed by atoms with Crippen LogP contribution < -0.4 is 5.32 Å². The topological polar surface area (TPSA) is 51.0 Å². The van der Waals surface area contributed by atoms with E-state index in [9.17, 15) is 0 Å². The Morgan fingerprint density at radius 3 is 2.74 bits per heavy atom. The van der Waals surface area contributed by atoms with Crippen LogP contribution in [-0.4, -0.2) is 28.0 Å². The quantitative estimate of drug-likeness (QED) is 0.898. The summed E-state index contributed by atoms with van der Waals surface area (Å²) in [6, 6.07) is 0.567. The maximum atomic E-state index is 5.52. The van der Waals surface area contributed by atoms with Crippen LogP contribution in [-0.2, 0) is 0 Å². The van der Waals surface area contributed by atoms with E-state index < -0.39 is 0 Å². The van der Waals surface area contributed by atoms with Crippen molar-refractivity contribution in [2.75, 3.05) is 6.54 Å². The number of aryl methyl sites for hydroxylation is 1. The van der Waals surface area contributed by atoms with Crippen LogP contribution in [0, 0.1) is 18.8 Å². The van der Waals surface area contributed by atoms with Gasteiger partial charge in [0.25, 0.3) is 5.22 Å². The fourth-order valence-corrected chi connectivity index (χ4v) is 4.10. The van der Waals surface area contributed by atoms with Gasteiger partial charge in [0.15, 0.2) is 0 Å². The van der Waals surface area contributed by atoms with Crippen molar-refractivity contribution in [1.82, 2.24) is 15.5 Å². The Labute approximate surface area is 120 Å². The molecule has 0 radical (unpaired) electrons. The second-order valence-corrected chi connectivity index (χ2v) is 6.92. The van der Waals surface area contributed by atoms with E-state index in [1.54, 1.807) is 11.8 Å². The molecule has 0 aliphatic heterocycles. The average Bonchev–Trinajstić information content (AvgIpc) is 2.77. The van der Waals surface area contributed by atoms with Crippen molar-refractivity contribution in [3.8, 4) is 0 Å². The number of thioether (sulfide) groups is 1. The average molecular weight is 283 g/mol. The summed E-state index contributed by atoms with van der Waals surface area (Å²) in [5.41, 5.74) is 0. The number of hydrogen-bond acceptors (Lipinski definition) is 5. The third-order valence-electron chi connectivity index (χ3n) is 4.00. The minimum absolute atomic E-state index is 0.543. The Morgan fingerprint density at radius 2 is 2.16 bits per heavy atom. The van der Waals surface area contributed by atoms with Crippen LogP contribution in [0.4, 0.5) is 0 Å². The van der Waals surface area contributed by atoms with E-state index in [1.807, 2.05) is 6.92 Å². The van der Waals surface area contributed by atoms with E-state index in [0.29, 0.717) is 17.2 Å².